The molecular formula is C22H28N2O2. The highest BCUT2D eigenvalue weighted by Crippen LogP contribution is 2.21. The minimum atomic E-state index is 0.236. The third kappa shape index (κ3) is 4.57. The molecule has 0 radical (unpaired) electrons. The van der Waals surface area contributed by atoms with Crippen LogP contribution in [0.2, 0.25) is 0 Å². The molecule has 0 aromatic heterocycles. The Morgan fingerprint density at radius 3 is 2.54 bits per heavy atom. The van der Waals surface area contributed by atoms with Gasteiger partial charge in [0, 0.05) is 38.3 Å². The summed E-state index contributed by atoms with van der Waals surface area (Å²) in [6.45, 7) is 8.11. The highest BCUT2D eigenvalue weighted by molar-refractivity contribution is 5.77. The van der Waals surface area contributed by atoms with Gasteiger partial charge in [0.2, 0.25) is 5.91 Å². The van der Waals surface area contributed by atoms with Crippen molar-refractivity contribution in [2.45, 2.75) is 26.7 Å². The normalized spacial score (nSPS) is 14.4. The fourth-order valence-electron chi connectivity index (χ4n) is 3.45. The Morgan fingerprint density at radius 1 is 1.04 bits per heavy atom. The van der Waals surface area contributed by atoms with Gasteiger partial charge in [0.05, 0.1) is 6.61 Å². The van der Waals surface area contributed by atoms with Gasteiger partial charge in [0.25, 0.3) is 0 Å². The first-order chi connectivity index (χ1) is 12.7. The third-order valence-corrected chi connectivity index (χ3v) is 4.88. The minimum Gasteiger partial charge on any atom is -0.494 e. The molecule has 0 aliphatic carbocycles. The molecule has 0 N–H and O–H groups in total. The zero-order valence-corrected chi connectivity index (χ0v) is 15.8. The summed E-state index contributed by atoms with van der Waals surface area (Å²) >= 11 is 0. The lowest BCUT2D eigenvalue weighted by Gasteiger charge is -2.36. The van der Waals surface area contributed by atoms with Crippen LogP contribution < -0.4 is 9.64 Å². The molecule has 4 heteroatoms. The molecule has 4 nitrogen and oxygen atoms in total. The van der Waals surface area contributed by atoms with Gasteiger partial charge in [0.1, 0.15) is 5.75 Å². The van der Waals surface area contributed by atoms with Crippen molar-refractivity contribution in [1.29, 1.82) is 0 Å². The molecule has 0 bridgehead atoms. The van der Waals surface area contributed by atoms with E-state index in [-0.39, 0.29) is 5.91 Å². The molecule has 1 aliphatic rings. The maximum absolute atomic E-state index is 12.6. The second-order valence-corrected chi connectivity index (χ2v) is 6.75. The van der Waals surface area contributed by atoms with Crippen LogP contribution in [0.25, 0.3) is 0 Å². The highest BCUT2D eigenvalue weighted by atomic mass is 16.5. The van der Waals surface area contributed by atoms with E-state index in [1.165, 1.54) is 11.3 Å². The van der Waals surface area contributed by atoms with Gasteiger partial charge >= 0.3 is 0 Å². The molecule has 0 saturated carbocycles. The molecule has 3 rings (SSSR count). The number of piperazine rings is 1. The average molecular weight is 352 g/mol. The quantitative estimate of drug-likeness (QED) is 0.795. The zero-order chi connectivity index (χ0) is 18.4. The summed E-state index contributed by atoms with van der Waals surface area (Å²) in [6, 6.07) is 16.6. The van der Waals surface area contributed by atoms with Crippen LogP contribution in [0, 0.1) is 6.92 Å². The van der Waals surface area contributed by atoms with Crippen molar-refractivity contribution >= 4 is 11.6 Å². The molecule has 138 valence electrons. The number of hydrogen-bond donors (Lipinski definition) is 0. The molecule has 1 amide bonds. The van der Waals surface area contributed by atoms with Crippen LogP contribution in [-0.2, 0) is 11.2 Å². The summed E-state index contributed by atoms with van der Waals surface area (Å²) in [4.78, 5) is 17.0. The first-order valence-corrected chi connectivity index (χ1v) is 9.47. The van der Waals surface area contributed by atoms with Crippen molar-refractivity contribution in [3.05, 3.63) is 59.7 Å². The van der Waals surface area contributed by atoms with E-state index in [1.54, 1.807) is 0 Å². The van der Waals surface area contributed by atoms with Crippen LogP contribution in [0.5, 0.6) is 5.75 Å². The SMILES string of the molecule is CCOc1ccccc1CCC(=O)N1CCN(c2cccc(C)c2)CC1. The van der Waals surface area contributed by atoms with E-state index in [9.17, 15) is 4.79 Å². The van der Waals surface area contributed by atoms with Gasteiger partial charge < -0.3 is 14.5 Å². The summed E-state index contributed by atoms with van der Waals surface area (Å²) in [5.74, 6) is 1.13. The lowest BCUT2D eigenvalue weighted by atomic mass is 10.1. The summed E-state index contributed by atoms with van der Waals surface area (Å²) in [5, 5.41) is 0. The van der Waals surface area contributed by atoms with E-state index in [2.05, 4.69) is 36.1 Å². The number of ether oxygens (including phenoxy) is 1. The van der Waals surface area contributed by atoms with Crippen molar-refractivity contribution in [1.82, 2.24) is 4.90 Å². The van der Waals surface area contributed by atoms with Crippen LogP contribution in [0.3, 0.4) is 0 Å². The number of para-hydroxylation sites is 1. The maximum Gasteiger partial charge on any atom is 0.223 e. The van der Waals surface area contributed by atoms with Crippen molar-refractivity contribution < 1.29 is 9.53 Å². The second kappa shape index (κ2) is 8.75. The Labute approximate surface area is 156 Å². The van der Waals surface area contributed by atoms with E-state index in [0.29, 0.717) is 13.0 Å². The summed E-state index contributed by atoms with van der Waals surface area (Å²) in [7, 11) is 0. The van der Waals surface area contributed by atoms with E-state index >= 15 is 0 Å². The van der Waals surface area contributed by atoms with Gasteiger partial charge in [-0.25, -0.2) is 0 Å². The van der Waals surface area contributed by atoms with Gasteiger partial charge in [-0.05, 0) is 49.6 Å². The smallest absolute Gasteiger partial charge is 0.223 e. The fourth-order valence-corrected chi connectivity index (χ4v) is 3.45. The number of anilines is 1. The van der Waals surface area contributed by atoms with Crippen molar-refractivity contribution in [2.75, 3.05) is 37.7 Å². The molecule has 2 aromatic carbocycles. The molecule has 0 atom stereocenters. The van der Waals surface area contributed by atoms with Crippen molar-refractivity contribution in [2.24, 2.45) is 0 Å². The summed E-state index contributed by atoms with van der Waals surface area (Å²) < 4.78 is 5.66. The topological polar surface area (TPSA) is 32.8 Å². The summed E-state index contributed by atoms with van der Waals surface area (Å²) in [6.07, 6.45) is 1.27. The molecule has 1 heterocycles. The Hall–Kier alpha value is -2.49. The van der Waals surface area contributed by atoms with Gasteiger partial charge in [-0.3, -0.25) is 4.79 Å². The van der Waals surface area contributed by atoms with E-state index in [0.717, 1.165) is 43.9 Å². The first-order valence-electron chi connectivity index (χ1n) is 9.47. The largest absolute Gasteiger partial charge is 0.494 e. The number of carbonyl (C=O) groups excluding carboxylic acids is 1. The zero-order valence-electron chi connectivity index (χ0n) is 15.8. The van der Waals surface area contributed by atoms with Crippen molar-refractivity contribution in [3.63, 3.8) is 0 Å². The van der Waals surface area contributed by atoms with Crippen LogP contribution in [-0.4, -0.2) is 43.6 Å². The fraction of sp³-hybridized carbons (Fsp3) is 0.409. The average Bonchev–Trinajstić information content (AvgIpc) is 2.67. The lowest BCUT2D eigenvalue weighted by molar-refractivity contribution is -0.131. The molecule has 1 fully saturated rings. The molecular weight excluding hydrogens is 324 g/mol. The molecule has 2 aromatic rings. The molecule has 1 saturated heterocycles. The predicted octanol–water partition coefficient (Wildman–Crippen LogP) is 3.68. The monoisotopic (exact) mass is 352 g/mol. The van der Waals surface area contributed by atoms with Gasteiger partial charge in [-0.2, -0.15) is 0 Å². The number of rotatable bonds is 6. The van der Waals surface area contributed by atoms with Crippen LogP contribution >= 0.6 is 0 Å². The number of amides is 1. The van der Waals surface area contributed by atoms with E-state index in [4.69, 9.17) is 4.74 Å². The molecule has 0 spiro atoms. The highest BCUT2D eigenvalue weighted by Gasteiger charge is 2.21. The Morgan fingerprint density at radius 2 is 1.81 bits per heavy atom. The standard InChI is InChI=1S/C22H28N2O2/c1-3-26-21-10-5-4-8-19(21)11-12-22(25)24-15-13-23(14-16-24)20-9-6-7-18(2)17-20/h4-10,17H,3,11-16H2,1-2H3. The van der Waals surface area contributed by atoms with Crippen LogP contribution in [0.15, 0.2) is 48.5 Å². The second-order valence-electron chi connectivity index (χ2n) is 6.75. The van der Waals surface area contributed by atoms with E-state index < -0.39 is 0 Å². The van der Waals surface area contributed by atoms with Crippen LogP contribution in [0.4, 0.5) is 5.69 Å². The number of benzene rings is 2. The molecule has 1 aliphatic heterocycles. The predicted molar refractivity (Wildman–Crippen MR) is 106 cm³/mol. The molecule has 0 unspecified atom stereocenters. The Bertz CT molecular complexity index is 736. The Balaban J connectivity index is 1.51. The van der Waals surface area contributed by atoms with Gasteiger partial charge in [-0.15, -0.1) is 0 Å². The third-order valence-electron chi connectivity index (χ3n) is 4.88. The number of aryl methyl sites for hydroxylation is 2. The number of nitrogens with zero attached hydrogens (tertiary/aromatic N) is 2. The summed E-state index contributed by atoms with van der Waals surface area (Å²) in [5.41, 5.74) is 3.64. The van der Waals surface area contributed by atoms with Crippen molar-refractivity contribution in [3.8, 4) is 5.75 Å². The maximum atomic E-state index is 12.6. The Kier molecular flexibility index (Phi) is 6.16. The number of hydrogen-bond acceptors (Lipinski definition) is 3. The first kappa shape index (κ1) is 18.3. The van der Waals surface area contributed by atoms with Gasteiger partial charge in [0.15, 0.2) is 0 Å². The number of carbonyl (C=O) groups is 1. The lowest BCUT2D eigenvalue weighted by Crippen LogP contribution is -2.48. The van der Waals surface area contributed by atoms with E-state index in [1.807, 2.05) is 36.1 Å². The molecule has 26 heavy (non-hydrogen) atoms. The van der Waals surface area contributed by atoms with Gasteiger partial charge in [-0.1, -0.05) is 30.3 Å². The van der Waals surface area contributed by atoms with Crippen LogP contribution in [0.1, 0.15) is 24.5 Å². The minimum absolute atomic E-state index is 0.236.